The van der Waals surface area contributed by atoms with Crippen LogP contribution in [0.3, 0.4) is 0 Å². The molecule has 0 saturated carbocycles. The number of amides is 3. The number of ether oxygens (including phenoxy) is 1. The lowest BCUT2D eigenvalue weighted by Gasteiger charge is -2.22. The third-order valence-corrected chi connectivity index (χ3v) is 4.44. The summed E-state index contributed by atoms with van der Waals surface area (Å²) in [4.78, 5) is 24.6. The van der Waals surface area contributed by atoms with Crippen molar-refractivity contribution in [2.45, 2.75) is 24.9 Å². The van der Waals surface area contributed by atoms with Gasteiger partial charge in [-0.3, -0.25) is 4.79 Å². The summed E-state index contributed by atoms with van der Waals surface area (Å²) >= 11 is 0. The lowest BCUT2D eigenvalue weighted by Crippen LogP contribution is -2.44. The summed E-state index contributed by atoms with van der Waals surface area (Å²) in [6.45, 7) is 1.90. The van der Waals surface area contributed by atoms with Crippen LogP contribution in [0.2, 0.25) is 0 Å². The van der Waals surface area contributed by atoms with Gasteiger partial charge >= 0.3 is 6.03 Å². The molecule has 0 radical (unpaired) electrons. The Morgan fingerprint density at radius 2 is 1.77 bits per heavy atom. The van der Waals surface area contributed by atoms with E-state index >= 15 is 0 Å². The number of rotatable bonds is 4. The van der Waals surface area contributed by atoms with Crippen molar-refractivity contribution in [1.82, 2.24) is 10.6 Å². The molecule has 3 amide bonds. The molecule has 0 unspecified atom stereocenters. The lowest BCUT2D eigenvalue weighted by atomic mass is 9.89. The second kappa shape index (κ2) is 7.43. The van der Waals surface area contributed by atoms with E-state index in [4.69, 9.17) is 4.74 Å². The Hall–Kier alpha value is -3.09. The zero-order chi connectivity index (χ0) is 18.7. The highest BCUT2D eigenvalue weighted by Crippen LogP contribution is 2.30. The van der Waals surface area contributed by atoms with Crippen molar-refractivity contribution >= 4 is 17.6 Å². The van der Waals surface area contributed by atoms with Gasteiger partial charge in [0.1, 0.15) is 17.6 Å². The maximum absolute atomic E-state index is 12.9. The quantitative estimate of drug-likeness (QED) is 0.787. The van der Waals surface area contributed by atoms with Gasteiger partial charge in [0.05, 0.1) is 7.11 Å². The third-order valence-electron chi connectivity index (χ3n) is 4.44. The molecule has 2 aromatic carbocycles. The number of carbonyl (C=O) groups is 2. The predicted molar refractivity (Wildman–Crippen MR) is 95.7 cm³/mol. The number of hydrogen-bond donors (Lipinski definition) is 3. The Balaban J connectivity index is 1.73. The van der Waals surface area contributed by atoms with E-state index in [9.17, 15) is 14.0 Å². The molecule has 0 aliphatic carbocycles. The minimum Gasteiger partial charge on any atom is -0.497 e. The number of hydrogen-bond acceptors (Lipinski definition) is 3. The first-order chi connectivity index (χ1) is 12.5. The van der Waals surface area contributed by atoms with Crippen LogP contribution >= 0.6 is 0 Å². The second-order valence-electron chi connectivity index (χ2n) is 6.18. The van der Waals surface area contributed by atoms with Crippen molar-refractivity contribution in [2.24, 2.45) is 0 Å². The van der Waals surface area contributed by atoms with E-state index in [1.807, 2.05) is 31.2 Å². The molecule has 7 heteroatoms. The molecule has 26 heavy (non-hydrogen) atoms. The Kier molecular flexibility index (Phi) is 5.06. The third kappa shape index (κ3) is 3.77. The first-order valence-corrected chi connectivity index (χ1v) is 8.25. The van der Waals surface area contributed by atoms with E-state index < -0.39 is 12.1 Å². The van der Waals surface area contributed by atoms with Crippen molar-refractivity contribution in [3.63, 3.8) is 0 Å². The van der Waals surface area contributed by atoms with Gasteiger partial charge in [0.25, 0.3) is 0 Å². The standard InChI is InChI=1S/C19H20FN3O3/c1-11-16(12-3-9-15(26-2)10-4-12)17(18(24)21-11)23-19(25)22-14-7-5-13(20)6-8-14/h3-11,16-17H,1-2H3,(H,21,24)(H2,22,23,25)/t11-,16+,17+/m1/s1. The van der Waals surface area contributed by atoms with Crippen LogP contribution in [0, 0.1) is 5.82 Å². The summed E-state index contributed by atoms with van der Waals surface area (Å²) in [5.41, 5.74) is 1.36. The van der Waals surface area contributed by atoms with Gasteiger partial charge in [-0.1, -0.05) is 12.1 Å². The average Bonchev–Trinajstić information content (AvgIpc) is 2.90. The van der Waals surface area contributed by atoms with Gasteiger partial charge in [0.2, 0.25) is 5.91 Å². The van der Waals surface area contributed by atoms with Crippen molar-refractivity contribution in [2.75, 3.05) is 12.4 Å². The lowest BCUT2D eigenvalue weighted by molar-refractivity contribution is -0.120. The minimum atomic E-state index is -0.709. The van der Waals surface area contributed by atoms with Gasteiger partial charge in [-0.2, -0.15) is 0 Å². The molecule has 136 valence electrons. The molecule has 0 aromatic heterocycles. The highest BCUT2D eigenvalue weighted by molar-refractivity contribution is 5.95. The fraction of sp³-hybridized carbons (Fsp3) is 0.263. The predicted octanol–water partition coefficient (Wildman–Crippen LogP) is 2.63. The SMILES string of the molecule is COc1ccc([C@H]2[C@H](NC(=O)Nc3ccc(F)cc3)C(=O)N[C@@H]2C)cc1. The van der Waals surface area contributed by atoms with Gasteiger partial charge in [0.15, 0.2) is 0 Å². The molecule has 3 atom stereocenters. The topological polar surface area (TPSA) is 79.5 Å². The van der Waals surface area contributed by atoms with Gasteiger partial charge < -0.3 is 20.7 Å². The smallest absolute Gasteiger partial charge is 0.319 e. The molecule has 3 rings (SSSR count). The summed E-state index contributed by atoms with van der Waals surface area (Å²) in [5.74, 6) is -0.128. The van der Waals surface area contributed by atoms with Crippen molar-refractivity contribution in [3.8, 4) is 5.75 Å². The number of halogens is 1. The van der Waals surface area contributed by atoms with Crippen LogP contribution in [0.15, 0.2) is 48.5 Å². The first-order valence-electron chi connectivity index (χ1n) is 8.25. The van der Waals surface area contributed by atoms with E-state index in [2.05, 4.69) is 16.0 Å². The Morgan fingerprint density at radius 1 is 1.12 bits per heavy atom. The Labute approximate surface area is 150 Å². The van der Waals surface area contributed by atoms with Crippen LogP contribution in [0.4, 0.5) is 14.9 Å². The van der Waals surface area contributed by atoms with Crippen LogP contribution < -0.4 is 20.7 Å². The fourth-order valence-corrected chi connectivity index (χ4v) is 3.16. The largest absolute Gasteiger partial charge is 0.497 e. The van der Waals surface area contributed by atoms with Crippen molar-refractivity contribution < 1.29 is 18.7 Å². The summed E-state index contributed by atoms with van der Waals surface area (Å²) in [5, 5.41) is 8.18. The molecular formula is C19H20FN3O3. The second-order valence-corrected chi connectivity index (χ2v) is 6.18. The maximum Gasteiger partial charge on any atom is 0.319 e. The molecule has 2 aromatic rings. The van der Waals surface area contributed by atoms with Crippen LogP contribution in [-0.2, 0) is 4.79 Å². The molecule has 3 N–H and O–H groups in total. The molecule has 0 spiro atoms. The highest BCUT2D eigenvalue weighted by Gasteiger charge is 2.41. The summed E-state index contributed by atoms with van der Waals surface area (Å²) in [6.07, 6.45) is 0. The number of methoxy groups -OCH3 is 1. The highest BCUT2D eigenvalue weighted by atomic mass is 19.1. The van der Waals surface area contributed by atoms with E-state index in [-0.39, 0.29) is 23.7 Å². The van der Waals surface area contributed by atoms with Gasteiger partial charge in [-0.15, -0.1) is 0 Å². The molecule has 1 heterocycles. The number of carbonyl (C=O) groups excluding carboxylic acids is 2. The van der Waals surface area contributed by atoms with Gasteiger partial charge in [-0.05, 0) is 48.9 Å². The number of urea groups is 1. The zero-order valence-corrected chi connectivity index (χ0v) is 14.5. The Bertz CT molecular complexity index is 793. The van der Waals surface area contributed by atoms with E-state index in [1.165, 1.54) is 24.3 Å². The monoisotopic (exact) mass is 357 g/mol. The molecule has 1 saturated heterocycles. The molecule has 1 fully saturated rings. The minimum absolute atomic E-state index is 0.132. The van der Waals surface area contributed by atoms with Crippen LogP contribution in [-0.4, -0.2) is 31.1 Å². The van der Waals surface area contributed by atoms with E-state index in [1.54, 1.807) is 7.11 Å². The van der Waals surface area contributed by atoms with Crippen molar-refractivity contribution in [3.05, 3.63) is 59.9 Å². The number of benzene rings is 2. The Morgan fingerprint density at radius 3 is 2.38 bits per heavy atom. The van der Waals surface area contributed by atoms with Crippen LogP contribution in [0.5, 0.6) is 5.75 Å². The number of nitrogens with one attached hydrogen (secondary N) is 3. The molecule has 0 bridgehead atoms. The molecule has 1 aliphatic rings. The maximum atomic E-state index is 12.9. The van der Waals surface area contributed by atoms with Crippen LogP contribution in [0.1, 0.15) is 18.4 Å². The van der Waals surface area contributed by atoms with Crippen molar-refractivity contribution in [1.29, 1.82) is 0 Å². The molecule has 6 nitrogen and oxygen atoms in total. The number of anilines is 1. The summed E-state index contributed by atoms with van der Waals surface area (Å²) < 4.78 is 18.1. The fourth-order valence-electron chi connectivity index (χ4n) is 3.16. The zero-order valence-electron chi connectivity index (χ0n) is 14.5. The summed E-state index contributed by atoms with van der Waals surface area (Å²) in [6, 6.07) is 11.4. The molecule has 1 aliphatic heterocycles. The normalized spacial score (nSPS) is 21.8. The van der Waals surface area contributed by atoms with Gasteiger partial charge in [0, 0.05) is 17.6 Å². The van der Waals surface area contributed by atoms with Crippen LogP contribution in [0.25, 0.3) is 0 Å². The first kappa shape index (κ1) is 17.7. The average molecular weight is 357 g/mol. The molecular weight excluding hydrogens is 337 g/mol. The van der Waals surface area contributed by atoms with E-state index in [0.29, 0.717) is 5.69 Å². The van der Waals surface area contributed by atoms with E-state index in [0.717, 1.165) is 11.3 Å². The van der Waals surface area contributed by atoms with Gasteiger partial charge in [-0.25, -0.2) is 9.18 Å². The summed E-state index contributed by atoms with van der Waals surface area (Å²) in [7, 11) is 1.59.